The number of carboxylic acids is 1. The molecule has 124 valence electrons. The Labute approximate surface area is 132 Å². The van der Waals surface area contributed by atoms with Crippen LogP contribution in [0.2, 0.25) is 0 Å². The second-order valence-electron chi connectivity index (χ2n) is 5.22. The molecule has 2 atom stereocenters. The highest BCUT2D eigenvalue weighted by molar-refractivity contribution is 5.70. The first-order valence-electron chi connectivity index (χ1n) is 7.89. The van der Waals surface area contributed by atoms with Crippen molar-refractivity contribution in [2.45, 2.75) is 39.5 Å². The van der Waals surface area contributed by atoms with Gasteiger partial charge in [0.15, 0.2) is 0 Å². The van der Waals surface area contributed by atoms with Crippen LogP contribution in [0.15, 0.2) is 18.2 Å². The van der Waals surface area contributed by atoms with Crippen LogP contribution in [0, 0.1) is 5.92 Å². The molecule has 5 heteroatoms. The van der Waals surface area contributed by atoms with E-state index in [1.54, 1.807) is 0 Å². The van der Waals surface area contributed by atoms with Crippen LogP contribution in [-0.2, 0) is 4.79 Å². The van der Waals surface area contributed by atoms with Crippen LogP contribution >= 0.6 is 0 Å². The molecule has 1 rings (SSSR count). The first kappa shape index (κ1) is 18.3. The Hall–Kier alpha value is -1.75. The van der Waals surface area contributed by atoms with E-state index in [4.69, 9.17) is 15.2 Å². The Morgan fingerprint density at radius 1 is 1.14 bits per heavy atom. The molecule has 0 saturated carbocycles. The summed E-state index contributed by atoms with van der Waals surface area (Å²) in [5.74, 6) is 0.246. The molecule has 0 aliphatic rings. The number of hydrogen-bond acceptors (Lipinski definition) is 4. The number of aliphatic carboxylic acids is 1. The van der Waals surface area contributed by atoms with E-state index in [0.29, 0.717) is 19.6 Å². The van der Waals surface area contributed by atoms with Crippen molar-refractivity contribution in [1.82, 2.24) is 0 Å². The van der Waals surface area contributed by atoms with Crippen molar-refractivity contribution in [3.63, 3.8) is 0 Å². The van der Waals surface area contributed by atoms with Gasteiger partial charge in [0.05, 0.1) is 19.1 Å². The third kappa shape index (κ3) is 5.22. The van der Waals surface area contributed by atoms with E-state index in [9.17, 15) is 9.90 Å². The van der Waals surface area contributed by atoms with Gasteiger partial charge in [0.25, 0.3) is 0 Å². The number of carbonyl (C=O) groups is 1. The molecule has 0 aromatic heterocycles. The Morgan fingerprint density at radius 2 is 1.68 bits per heavy atom. The zero-order valence-electron chi connectivity index (χ0n) is 13.7. The van der Waals surface area contributed by atoms with Gasteiger partial charge < -0.3 is 20.3 Å². The third-order valence-corrected chi connectivity index (χ3v) is 3.69. The SMILES string of the molecule is CCOc1cc(OCC)cc(C(CC)CC(CN)C(=O)O)c1. The summed E-state index contributed by atoms with van der Waals surface area (Å²) in [6.45, 7) is 7.21. The Morgan fingerprint density at radius 3 is 2.05 bits per heavy atom. The predicted molar refractivity (Wildman–Crippen MR) is 86.6 cm³/mol. The molecule has 0 spiro atoms. The van der Waals surface area contributed by atoms with Gasteiger partial charge in [0.2, 0.25) is 0 Å². The van der Waals surface area contributed by atoms with Crippen LogP contribution in [0.5, 0.6) is 11.5 Å². The van der Waals surface area contributed by atoms with Gasteiger partial charge in [-0.05, 0) is 50.3 Å². The van der Waals surface area contributed by atoms with Crippen LogP contribution in [0.3, 0.4) is 0 Å². The van der Waals surface area contributed by atoms with Gasteiger partial charge in [-0.25, -0.2) is 0 Å². The summed E-state index contributed by atoms with van der Waals surface area (Å²) >= 11 is 0. The zero-order valence-corrected chi connectivity index (χ0v) is 13.7. The summed E-state index contributed by atoms with van der Waals surface area (Å²) in [6, 6.07) is 5.80. The minimum atomic E-state index is -0.841. The van der Waals surface area contributed by atoms with Gasteiger partial charge in [-0.2, -0.15) is 0 Å². The minimum absolute atomic E-state index is 0.115. The van der Waals surface area contributed by atoms with Crippen LogP contribution in [-0.4, -0.2) is 30.8 Å². The van der Waals surface area contributed by atoms with Crippen molar-refractivity contribution in [2.75, 3.05) is 19.8 Å². The maximum atomic E-state index is 11.2. The Bertz CT molecular complexity index is 451. The maximum Gasteiger partial charge on any atom is 0.307 e. The van der Waals surface area contributed by atoms with Crippen LogP contribution in [0.25, 0.3) is 0 Å². The topological polar surface area (TPSA) is 81.8 Å². The summed E-state index contributed by atoms with van der Waals surface area (Å²) in [7, 11) is 0. The van der Waals surface area contributed by atoms with Crippen molar-refractivity contribution >= 4 is 5.97 Å². The molecule has 5 nitrogen and oxygen atoms in total. The van der Waals surface area contributed by atoms with E-state index in [0.717, 1.165) is 23.5 Å². The lowest BCUT2D eigenvalue weighted by Crippen LogP contribution is -2.25. The third-order valence-electron chi connectivity index (χ3n) is 3.69. The van der Waals surface area contributed by atoms with Crippen LogP contribution in [0.1, 0.15) is 45.1 Å². The van der Waals surface area contributed by atoms with Crippen LogP contribution in [0.4, 0.5) is 0 Å². The Kier molecular flexibility index (Phi) is 7.74. The van der Waals surface area contributed by atoms with Gasteiger partial charge >= 0.3 is 5.97 Å². The molecule has 2 unspecified atom stereocenters. The molecule has 1 aromatic rings. The summed E-state index contributed by atoms with van der Waals surface area (Å²) in [6.07, 6.45) is 1.36. The fourth-order valence-electron chi connectivity index (χ4n) is 2.51. The highest BCUT2D eigenvalue weighted by Gasteiger charge is 2.22. The van der Waals surface area contributed by atoms with Crippen molar-refractivity contribution in [2.24, 2.45) is 11.7 Å². The van der Waals surface area contributed by atoms with Gasteiger partial charge in [0, 0.05) is 12.6 Å². The molecule has 0 aliphatic heterocycles. The molecule has 0 amide bonds. The molecule has 0 radical (unpaired) electrons. The number of carboxylic acid groups (broad SMARTS) is 1. The van der Waals surface area contributed by atoms with Gasteiger partial charge in [0.1, 0.15) is 11.5 Å². The molecular formula is C17H27NO4. The second kappa shape index (κ2) is 9.30. The van der Waals surface area contributed by atoms with E-state index >= 15 is 0 Å². The lowest BCUT2D eigenvalue weighted by atomic mass is 9.86. The Balaban J connectivity index is 3.05. The minimum Gasteiger partial charge on any atom is -0.494 e. The van der Waals surface area contributed by atoms with E-state index in [1.807, 2.05) is 39.0 Å². The van der Waals surface area contributed by atoms with Gasteiger partial charge in [-0.3, -0.25) is 4.79 Å². The van der Waals surface area contributed by atoms with E-state index in [2.05, 4.69) is 0 Å². The van der Waals surface area contributed by atoms with Crippen molar-refractivity contribution in [3.8, 4) is 11.5 Å². The fraction of sp³-hybridized carbons (Fsp3) is 0.588. The first-order chi connectivity index (χ1) is 10.5. The van der Waals surface area contributed by atoms with Crippen molar-refractivity contribution < 1.29 is 19.4 Å². The molecule has 3 N–H and O–H groups in total. The van der Waals surface area contributed by atoms with E-state index in [1.165, 1.54) is 0 Å². The number of benzene rings is 1. The quantitative estimate of drug-likeness (QED) is 0.694. The number of hydrogen-bond donors (Lipinski definition) is 2. The molecular weight excluding hydrogens is 282 g/mol. The predicted octanol–water partition coefficient (Wildman–Crippen LogP) is 3.03. The first-order valence-corrected chi connectivity index (χ1v) is 7.89. The molecule has 0 saturated heterocycles. The summed E-state index contributed by atoms with van der Waals surface area (Å²) < 4.78 is 11.2. The zero-order chi connectivity index (χ0) is 16.5. The standard InChI is InChI=1S/C17H27NO4/c1-4-12(7-14(11-18)17(19)20)13-8-15(21-5-2)10-16(9-13)22-6-3/h8-10,12,14H,4-7,11,18H2,1-3H3,(H,19,20). The summed E-state index contributed by atoms with van der Waals surface area (Å²) in [4.78, 5) is 11.2. The normalized spacial score (nSPS) is 13.5. The summed E-state index contributed by atoms with van der Waals surface area (Å²) in [5, 5.41) is 9.21. The largest absolute Gasteiger partial charge is 0.494 e. The average Bonchev–Trinajstić information content (AvgIpc) is 2.48. The molecule has 0 fully saturated rings. The van der Waals surface area contributed by atoms with Crippen LogP contribution < -0.4 is 15.2 Å². The molecule has 1 aromatic carbocycles. The molecule has 22 heavy (non-hydrogen) atoms. The van der Waals surface area contributed by atoms with Crippen molar-refractivity contribution in [1.29, 1.82) is 0 Å². The van der Waals surface area contributed by atoms with E-state index in [-0.39, 0.29) is 12.5 Å². The number of ether oxygens (including phenoxy) is 2. The lowest BCUT2D eigenvalue weighted by Gasteiger charge is -2.21. The average molecular weight is 309 g/mol. The molecule has 0 aliphatic carbocycles. The highest BCUT2D eigenvalue weighted by Crippen LogP contribution is 2.33. The van der Waals surface area contributed by atoms with Gasteiger partial charge in [-0.1, -0.05) is 6.92 Å². The monoisotopic (exact) mass is 309 g/mol. The number of rotatable bonds is 10. The van der Waals surface area contributed by atoms with Gasteiger partial charge in [-0.15, -0.1) is 0 Å². The lowest BCUT2D eigenvalue weighted by molar-refractivity contribution is -0.141. The summed E-state index contributed by atoms with van der Waals surface area (Å²) in [5.41, 5.74) is 6.62. The van der Waals surface area contributed by atoms with E-state index < -0.39 is 11.9 Å². The fourth-order valence-corrected chi connectivity index (χ4v) is 2.51. The highest BCUT2D eigenvalue weighted by atomic mass is 16.5. The second-order valence-corrected chi connectivity index (χ2v) is 5.22. The number of nitrogens with two attached hydrogens (primary N) is 1. The van der Waals surface area contributed by atoms with Crippen molar-refractivity contribution in [3.05, 3.63) is 23.8 Å². The maximum absolute atomic E-state index is 11.2. The molecule has 0 bridgehead atoms. The molecule has 0 heterocycles. The smallest absolute Gasteiger partial charge is 0.307 e.